The lowest BCUT2D eigenvalue weighted by molar-refractivity contribution is -0.139. The zero-order valence-electron chi connectivity index (χ0n) is 21.7. The highest BCUT2D eigenvalue weighted by Crippen LogP contribution is 2.32. The second-order valence-corrected chi connectivity index (χ2v) is 9.96. The highest BCUT2D eigenvalue weighted by atomic mass is 35.5. The Hall–Kier alpha value is -3.36. The quantitative estimate of drug-likeness (QED) is 0.577. The average molecular weight is 525 g/mol. The fourth-order valence-corrected chi connectivity index (χ4v) is 4.98. The van der Waals surface area contributed by atoms with Crippen LogP contribution in [0.3, 0.4) is 0 Å². The number of nitrogens with one attached hydrogen (secondary N) is 1. The third kappa shape index (κ3) is 5.81. The summed E-state index contributed by atoms with van der Waals surface area (Å²) in [6, 6.07) is 13.7. The molecule has 1 saturated heterocycles. The molecular weight excluding hydrogens is 492 g/mol. The number of urea groups is 1. The van der Waals surface area contributed by atoms with Gasteiger partial charge in [-0.25, -0.2) is 9.59 Å². The molecule has 0 aliphatic carbocycles. The summed E-state index contributed by atoms with van der Waals surface area (Å²) in [6.45, 7) is 8.11. The zero-order chi connectivity index (χ0) is 26.7. The molecule has 2 aromatic carbocycles. The Morgan fingerprint density at radius 3 is 2.38 bits per heavy atom. The van der Waals surface area contributed by atoms with Gasteiger partial charge in [0.05, 0.1) is 18.2 Å². The topological polar surface area (TPSA) is 82.2 Å². The molecule has 1 fully saturated rings. The zero-order valence-corrected chi connectivity index (χ0v) is 22.4. The molecule has 9 heteroatoms. The first-order valence-electron chi connectivity index (χ1n) is 12.5. The number of nitrogens with zero attached hydrogens (tertiary/aromatic N) is 3. The first-order chi connectivity index (χ1) is 17.7. The molecule has 2 aliphatic rings. The van der Waals surface area contributed by atoms with Gasteiger partial charge in [-0.05, 0) is 50.6 Å². The van der Waals surface area contributed by atoms with Crippen molar-refractivity contribution in [2.24, 2.45) is 0 Å². The second kappa shape index (κ2) is 11.4. The molecule has 8 nitrogen and oxygen atoms in total. The predicted octanol–water partition coefficient (Wildman–Crippen LogP) is 4.01. The predicted molar refractivity (Wildman–Crippen MR) is 142 cm³/mol. The van der Waals surface area contributed by atoms with Crippen LogP contribution in [0.5, 0.6) is 0 Å². The number of carbonyl (C=O) groups excluding carboxylic acids is 3. The van der Waals surface area contributed by atoms with E-state index in [-0.39, 0.29) is 24.6 Å². The summed E-state index contributed by atoms with van der Waals surface area (Å²) in [7, 11) is 1.67. The molecule has 0 radical (unpaired) electrons. The van der Waals surface area contributed by atoms with Crippen LogP contribution in [0.25, 0.3) is 0 Å². The van der Waals surface area contributed by atoms with E-state index < -0.39 is 12.0 Å². The molecule has 2 atom stereocenters. The standard InChI is InChI=1S/C28H33ClN4O4/c1-5-37-27(35)24-23(31(4)28(36)30-25(24)20-8-6-18(2)7-9-20)17-32-14-15-33(19(3)16-32)26(34)21-10-12-22(29)13-11-21/h6-13,19,25H,5,14-17H2,1-4H3,(H,30,36)/t19-,25-/m1/s1. The van der Waals surface area contributed by atoms with Crippen molar-refractivity contribution in [3.8, 4) is 0 Å². The minimum absolute atomic E-state index is 0.0381. The molecule has 196 valence electrons. The lowest BCUT2D eigenvalue weighted by atomic mass is 9.93. The van der Waals surface area contributed by atoms with Crippen LogP contribution in [-0.4, -0.2) is 78.5 Å². The summed E-state index contributed by atoms with van der Waals surface area (Å²) in [4.78, 5) is 44.8. The van der Waals surface area contributed by atoms with Crippen LogP contribution in [0, 0.1) is 6.92 Å². The lowest BCUT2D eigenvalue weighted by Gasteiger charge is -2.42. The molecule has 2 aromatic rings. The summed E-state index contributed by atoms with van der Waals surface area (Å²) < 4.78 is 5.43. The van der Waals surface area contributed by atoms with Crippen molar-refractivity contribution in [2.45, 2.75) is 32.9 Å². The van der Waals surface area contributed by atoms with Crippen LogP contribution in [0.4, 0.5) is 4.79 Å². The van der Waals surface area contributed by atoms with Gasteiger partial charge in [0.25, 0.3) is 5.91 Å². The van der Waals surface area contributed by atoms with Gasteiger partial charge in [-0.2, -0.15) is 0 Å². The van der Waals surface area contributed by atoms with Crippen LogP contribution in [0.1, 0.15) is 41.4 Å². The SMILES string of the molecule is CCOC(=O)C1=C(CN2CCN(C(=O)c3ccc(Cl)cc3)[C@H](C)C2)N(C)C(=O)N[C@@H]1c1ccc(C)cc1. The normalized spacial score (nSPS) is 20.6. The Labute approximate surface area is 222 Å². The Morgan fingerprint density at radius 2 is 1.76 bits per heavy atom. The Morgan fingerprint density at radius 1 is 1.08 bits per heavy atom. The first-order valence-corrected chi connectivity index (χ1v) is 12.9. The van der Waals surface area contributed by atoms with Gasteiger partial charge >= 0.3 is 12.0 Å². The lowest BCUT2D eigenvalue weighted by Crippen LogP contribution is -2.56. The molecule has 3 amide bonds. The van der Waals surface area contributed by atoms with E-state index in [2.05, 4.69) is 10.2 Å². The fourth-order valence-electron chi connectivity index (χ4n) is 4.86. The number of hydrogen-bond donors (Lipinski definition) is 1. The average Bonchev–Trinajstić information content (AvgIpc) is 2.87. The van der Waals surface area contributed by atoms with E-state index in [1.54, 1.807) is 38.2 Å². The third-order valence-electron chi connectivity index (χ3n) is 6.92. The summed E-state index contributed by atoms with van der Waals surface area (Å²) in [5.74, 6) is -0.483. The van der Waals surface area contributed by atoms with Crippen molar-refractivity contribution in [3.63, 3.8) is 0 Å². The molecule has 0 aromatic heterocycles. The molecule has 37 heavy (non-hydrogen) atoms. The summed E-state index contributed by atoms with van der Waals surface area (Å²) in [6.07, 6.45) is 0. The number of esters is 1. The van der Waals surface area contributed by atoms with Gasteiger partial charge in [-0.1, -0.05) is 41.4 Å². The Bertz CT molecular complexity index is 1200. The molecule has 0 unspecified atom stereocenters. The van der Waals surface area contributed by atoms with Crippen molar-refractivity contribution in [2.75, 3.05) is 39.8 Å². The number of amides is 3. The van der Waals surface area contributed by atoms with Gasteiger partial charge in [0, 0.05) is 55.6 Å². The van der Waals surface area contributed by atoms with E-state index in [9.17, 15) is 14.4 Å². The molecule has 2 heterocycles. The van der Waals surface area contributed by atoms with Crippen molar-refractivity contribution in [3.05, 3.63) is 81.5 Å². The maximum Gasteiger partial charge on any atom is 0.338 e. The number of piperazine rings is 1. The highest BCUT2D eigenvalue weighted by molar-refractivity contribution is 6.30. The van der Waals surface area contributed by atoms with Crippen molar-refractivity contribution < 1.29 is 19.1 Å². The molecule has 0 saturated carbocycles. The highest BCUT2D eigenvalue weighted by Gasteiger charge is 2.38. The van der Waals surface area contributed by atoms with Gasteiger partial charge in [-0.3, -0.25) is 14.6 Å². The Kier molecular flexibility index (Phi) is 8.19. The van der Waals surface area contributed by atoms with Gasteiger partial charge in [0.2, 0.25) is 0 Å². The van der Waals surface area contributed by atoms with Crippen molar-refractivity contribution in [1.29, 1.82) is 0 Å². The summed E-state index contributed by atoms with van der Waals surface area (Å²) >= 11 is 5.97. The van der Waals surface area contributed by atoms with E-state index in [0.717, 1.165) is 11.1 Å². The maximum atomic E-state index is 13.2. The van der Waals surface area contributed by atoms with E-state index in [1.807, 2.05) is 43.0 Å². The Balaban J connectivity index is 1.59. The van der Waals surface area contributed by atoms with E-state index in [0.29, 0.717) is 48.0 Å². The second-order valence-electron chi connectivity index (χ2n) is 9.52. The number of benzene rings is 2. The molecule has 0 spiro atoms. The van der Waals surface area contributed by atoms with Crippen LogP contribution in [0.2, 0.25) is 5.02 Å². The molecule has 2 aliphatic heterocycles. The largest absolute Gasteiger partial charge is 0.463 e. The van der Waals surface area contributed by atoms with Crippen LogP contribution < -0.4 is 5.32 Å². The van der Waals surface area contributed by atoms with Gasteiger partial charge in [0.15, 0.2) is 0 Å². The molecule has 4 rings (SSSR count). The number of halogens is 1. The number of aryl methyl sites for hydroxylation is 1. The summed E-state index contributed by atoms with van der Waals surface area (Å²) in [5, 5.41) is 3.55. The van der Waals surface area contributed by atoms with Gasteiger partial charge in [-0.15, -0.1) is 0 Å². The van der Waals surface area contributed by atoms with E-state index in [1.165, 1.54) is 4.90 Å². The number of ether oxygens (including phenoxy) is 1. The fraction of sp³-hybridized carbons (Fsp3) is 0.393. The smallest absolute Gasteiger partial charge is 0.338 e. The van der Waals surface area contributed by atoms with Crippen molar-refractivity contribution >= 4 is 29.5 Å². The van der Waals surface area contributed by atoms with E-state index in [4.69, 9.17) is 16.3 Å². The van der Waals surface area contributed by atoms with Crippen LogP contribution >= 0.6 is 11.6 Å². The minimum atomic E-state index is -0.608. The number of hydrogen-bond acceptors (Lipinski definition) is 5. The number of carbonyl (C=O) groups is 3. The van der Waals surface area contributed by atoms with Crippen LogP contribution in [0.15, 0.2) is 59.8 Å². The first kappa shape index (κ1) is 26.7. The van der Waals surface area contributed by atoms with Gasteiger partial charge < -0.3 is 15.0 Å². The summed E-state index contributed by atoms with van der Waals surface area (Å²) in [5.41, 5.74) is 3.54. The molecule has 1 N–H and O–H groups in total. The van der Waals surface area contributed by atoms with E-state index >= 15 is 0 Å². The van der Waals surface area contributed by atoms with Crippen molar-refractivity contribution in [1.82, 2.24) is 20.0 Å². The van der Waals surface area contributed by atoms with Crippen LogP contribution in [-0.2, 0) is 9.53 Å². The third-order valence-corrected chi connectivity index (χ3v) is 7.17. The van der Waals surface area contributed by atoms with Gasteiger partial charge in [0.1, 0.15) is 0 Å². The molecular formula is C28H33ClN4O4. The maximum absolute atomic E-state index is 13.2. The molecule has 0 bridgehead atoms. The minimum Gasteiger partial charge on any atom is -0.463 e. The number of rotatable bonds is 6. The number of likely N-dealkylation sites (N-methyl/N-ethyl adjacent to an activating group) is 1. The monoisotopic (exact) mass is 524 g/mol.